The molecule has 1 aromatic rings. The first-order valence-electron chi connectivity index (χ1n) is 5.71. The highest BCUT2D eigenvalue weighted by Gasteiger charge is 2.32. The fourth-order valence-corrected chi connectivity index (χ4v) is 1.78. The van der Waals surface area contributed by atoms with Crippen molar-refractivity contribution in [2.75, 3.05) is 7.05 Å². The minimum Gasteiger partial charge on any atom is -0.467 e. The zero-order valence-electron chi connectivity index (χ0n) is 9.77. The van der Waals surface area contributed by atoms with Crippen LogP contribution in [0.1, 0.15) is 25.5 Å². The molecule has 1 aliphatic rings. The molecule has 1 fully saturated rings. The van der Waals surface area contributed by atoms with E-state index < -0.39 is 0 Å². The summed E-state index contributed by atoms with van der Waals surface area (Å²) in [6.07, 6.45) is 4.10. The summed E-state index contributed by atoms with van der Waals surface area (Å²) in [4.78, 5) is 13.6. The molecule has 2 amide bonds. The Labute approximate surface area is 95.6 Å². The van der Waals surface area contributed by atoms with Gasteiger partial charge in [0.25, 0.3) is 0 Å². The molecular formula is C12H18N2O2. The Morgan fingerprint density at radius 1 is 1.69 bits per heavy atom. The standard InChI is InChI=1S/C12H18N2O2/c1-9(10-5-6-10)14(2)12(15)13-8-11-4-3-7-16-11/h3-4,7,9-10H,5-6,8H2,1-2H3,(H,13,15). The molecule has 0 aromatic carbocycles. The highest BCUT2D eigenvalue weighted by Crippen LogP contribution is 2.34. The lowest BCUT2D eigenvalue weighted by Gasteiger charge is -2.24. The van der Waals surface area contributed by atoms with Crippen molar-refractivity contribution in [3.63, 3.8) is 0 Å². The number of amides is 2. The van der Waals surface area contributed by atoms with E-state index in [0.717, 1.165) is 5.76 Å². The zero-order valence-corrected chi connectivity index (χ0v) is 9.77. The third-order valence-corrected chi connectivity index (χ3v) is 3.23. The van der Waals surface area contributed by atoms with Crippen molar-refractivity contribution < 1.29 is 9.21 Å². The van der Waals surface area contributed by atoms with Crippen LogP contribution in [-0.2, 0) is 6.54 Å². The molecule has 1 unspecified atom stereocenters. The van der Waals surface area contributed by atoms with Gasteiger partial charge in [-0.05, 0) is 37.8 Å². The predicted octanol–water partition coefficient (Wildman–Crippen LogP) is 2.22. The molecular weight excluding hydrogens is 204 g/mol. The minimum atomic E-state index is -0.0317. The van der Waals surface area contributed by atoms with Gasteiger partial charge >= 0.3 is 6.03 Å². The number of hydrogen-bond donors (Lipinski definition) is 1. The molecule has 1 aliphatic carbocycles. The fraction of sp³-hybridized carbons (Fsp3) is 0.583. The van der Waals surface area contributed by atoms with Gasteiger partial charge in [0.1, 0.15) is 5.76 Å². The first-order chi connectivity index (χ1) is 7.68. The lowest BCUT2D eigenvalue weighted by atomic mass is 10.2. The molecule has 2 rings (SSSR count). The number of carbonyl (C=O) groups excluding carboxylic acids is 1. The number of nitrogens with one attached hydrogen (secondary N) is 1. The van der Waals surface area contributed by atoms with Crippen molar-refractivity contribution in [3.8, 4) is 0 Å². The molecule has 1 atom stereocenters. The number of nitrogens with zero attached hydrogens (tertiary/aromatic N) is 1. The van der Waals surface area contributed by atoms with Gasteiger partial charge in [-0.25, -0.2) is 4.79 Å². The second-order valence-electron chi connectivity index (χ2n) is 4.43. The van der Waals surface area contributed by atoms with Gasteiger partial charge < -0.3 is 14.6 Å². The lowest BCUT2D eigenvalue weighted by molar-refractivity contribution is 0.186. The van der Waals surface area contributed by atoms with Crippen molar-refractivity contribution in [1.29, 1.82) is 0 Å². The Hall–Kier alpha value is -1.45. The normalized spacial score (nSPS) is 16.9. The third kappa shape index (κ3) is 2.56. The summed E-state index contributed by atoms with van der Waals surface area (Å²) >= 11 is 0. The van der Waals surface area contributed by atoms with Crippen molar-refractivity contribution in [3.05, 3.63) is 24.2 Å². The number of hydrogen-bond acceptors (Lipinski definition) is 2. The molecule has 1 heterocycles. The van der Waals surface area contributed by atoms with E-state index in [0.29, 0.717) is 18.5 Å². The first kappa shape index (κ1) is 11.0. The monoisotopic (exact) mass is 222 g/mol. The van der Waals surface area contributed by atoms with Crippen LogP contribution in [0.2, 0.25) is 0 Å². The number of urea groups is 1. The van der Waals surface area contributed by atoms with Gasteiger partial charge in [-0.2, -0.15) is 0 Å². The summed E-state index contributed by atoms with van der Waals surface area (Å²) < 4.78 is 5.15. The summed E-state index contributed by atoms with van der Waals surface area (Å²) in [5.74, 6) is 1.47. The molecule has 0 bridgehead atoms. The van der Waals surface area contributed by atoms with Crippen molar-refractivity contribution in [2.45, 2.75) is 32.4 Å². The molecule has 16 heavy (non-hydrogen) atoms. The van der Waals surface area contributed by atoms with Crippen LogP contribution < -0.4 is 5.32 Å². The summed E-state index contributed by atoms with van der Waals surface area (Å²) in [7, 11) is 1.85. The highest BCUT2D eigenvalue weighted by molar-refractivity contribution is 5.74. The predicted molar refractivity (Wildman–Crippen MR) is 60.9 cm³/mol. The lowest BCUT2D eigenvalue weighted by Crippen LogP contribution is -2.42. The van der Waals surface area contributed by atoms with E-state index in [1.807, 2.05) is 19.2 Å². The Morgan fingerprint density at radius 3 is 3.00 bits per heavy atom. The average Bonchev–Trinajstić information content (AvgIpc) is 3.01. The van der Waals surface area contributed by atoms with Crippen LogP contribution in [0.3, 0.4) is 0 Å². The molecule has 1 N–H and O–H groups in total. The second kappa shape index (κ2) is 4.60. The maximum atomic E-state index is 11.8. The van der Waals surface area contributed by atoms with E-state index in [4.69, 9.17) is 4.42 Å². The zero-order chi connectivity index (χ0) is 11.5. The third-order valence-electron chi connectivity index (χ3n) is 3.23. The average molecular weight is 222 g/mol. The van der Waals surface area contributed by atoms with Crippen molar-refractivity contribution in [2.24, 2.45) is 5.92 Å². The summed E-state index contributed by atoms with van der Waals surface area (Å²) in [6.45, 7) is 2.55. The summed E-state index contributed by atoms with van der Waals surface area (Å²) in [6, 6.07) is 3.97. The quantitative estimate of drug-likeness (QED) is 0.849. The summed E-state index contributed by atoms with van der Waals surface area (Å²) in [5, 5.41) is 2.84. The van der Waals surface area contributed by atoms with Gasteiger partial charge in [0.15, 0.2) is 0 Å². The van der Waals surface area contributed by atoms with Gasteiger partial charge in [0.2, 0.25) is 0 Å². The van der Waals surface area contributed by atoms with Crippen molar-refractivity contribution in [1.82, 2.24) is 10.2 Å². The highest BCUT2D eigenvalue weighted by atomic mass is 16.3. The van der Waals surface area contributed by atoms with Gasteiger partial charge in [0.05, 0.1) is 12.8 Å². The van der Waals surface area contributed by atoms with Crippen LogP contribution in [0.15, 0.2) is 22.8 Å². The van der Waals surface area contributed by atoms with Crippen LogP contribution in [0, 0.1) is 5.92 Å². The number of furan rings is 1. The van der Waals surface area contributed by atoms with Crippen LogP contribution in [0.25, 0.3) is 0 Å². The molecule has 1 saturated carbocycles. The Balaban J connectivity index is 1.78. The van der Waals surface area contributed by atoms with Gasteiger partial charge in [-0.15, -0.1) is 0 Å². The van der Waals surface area contributed by atoms with E-state index >= 15 is 0 Å². The molecule has 88 valence electrons. The van der Waals surface area contributed by atoms with Gasteiger partial charge in [0, 0.05) is 13.1 Å². The van der Waals surface area contributed by atoms with E-state index in [1.54, 1.807) is 11.2 Å². The number of carbonyl (C=O) groups is 1. The van der Waals surface area contributed by atoms with Crippen LogP contribution >= 0.6 is 0 Å². The van der Waals surface area contributed by atoms with E-state index in [9.17, 15) is 4.79 Å². The molecule has 1 aromatic heterocycles. The molecule has 4 nitrogen and oxygen atoms in total. The maximum Gasteiger partial charge on any atom is 0.317 e. The van der Waals surface area contributed by atoms with Gasteiger partial charge in [-0.1, -0.05) is 0 Å². The van der Waals surface area contributed by atoms with Crippen molar-refractivity contribution >= 4 is 6.03 Å². The van der Waals surface area contributed by atoms with Crippen LogP contribution in [0.4, 0.5) is 4.79 Å². The smallest absolute Gasteiger partial charge is 0.317 e. The first-order valence-corrected chi connectivity index (χ1v) is 5.71. The second-order valence-corrected chi connectivity index (χ2v) is 4.43. The van der Waals surface area contributed by atoms with E-state index in [1.165, 1.54) is 12.8 Å². The Kier molecular flexibility index (Phi) is 3.17. The van der Waals surface area contributed by atoms with Crippen LogP contribution in [0.5, 0.6) is 0 Å². The van der Waals surface area contributed by atoms with Gasteiger partial charge in [-0.3, -0.25) is 0 Å². The van der Waals surface area contributed by atoms with E-state index in [2.05, 4.69) is 12.2 Å². The topological polar surface area (TPSA) is 45.5 Å². The molecule has 0 saturated heterocycles. The Morgan fingerprint density at radius 2 is 2.44 bits per heavy atom. The summed E-state index contributed by atoms with van der Waals surface area (Å²) in [5.41, 5.74) is 0. The molecule has 0 spiro atoms. The maximum absolute atomic E-state index is 11.8. The molecule has 0 radical (unpaired) electrons. The SMILES string of the molecule is CC(C1CC1)N(C)C(=O)NCc1ccco1. The molecule has 4 heteroatoms. The molecule has 0 aliphatic heterocycles. The minimum absolute atomic E-state index is 0.0317. The van der Waals surface area contributed by atoms with Crippen LogP contribution in [-0.4, -0.2) is 24.0 Å². The fourth-order valence-electron chi connectivity index (χ4n) is 1.78. The Bertz CT molecular complexity index is 344. The van der Waals surface area contributed by atoms with E-state index in [-0.39, 0.29) is 6.03 Å². The number of rotatable bonds is 4. The largest absolute Gasteiger partial charge is 0.467 e.